The molecule has 0 radical (unpaired) electrons. The predicted molar refractivity (Wildman–Crippen MR) is 114 cm³/mol. The van der Waals surface area contributed by atoms with Gasteiger partial charge >= 0.3 is 23.9 Å². The average molecular weight is 454 g/mol. The summed E-state index contributed by atoms with van der Waals surface area (Å²) in [5.41, 5.74) is 20.2. The molecule has 13 nitrogen and oxygen atoms in total. The van der Waals surface area contributed by atoms with Gasteiger partial charge in [0.2, 0.25) is 0 Å². The van der Waals surface area contributed by atoms with E-state index in [9.17, 15) is 19.2 Å². The van der Waals surface area contributed by atoms with Crippen LogP contribution in [-0.4, -0.2) is 82.1 Å². The summed E-state index contributed by atoms with van der Waals surface area (Å²) in [5, 5.41) is 35.4. The maximum Gasteiger partial charge on any atom is 0.320 e. The van der Waals surface area contributed by atoms with Crippen LogP contribution < -0.4 is 28.3 Å². The van der Waals surface area contributed by atoms with Gasteiger partial charge in [0.1, 0.15) is 18.1 Å². The van der Waals surface area contributed by atoms with Gasteiger partial charge in [-0.25, -0.2) is 0 Å². The Morgan fingerprint density at radius 1 is 0.968 bits per heavy atom. The van der Waals surface area contributed by atoms with Crippen molar-refractivity contribution in [3.63, 3.8) is 0 Å². The number of unbranched alkanes of at least 4 members (excludes halogenated alkanes) is 1. The van der Waals surface area contributed by atoms with Crippen molar-refractivity contribution in [1.82, 2.24) is 5.32 Å². The van der Waals surface area contributed by atoms with E-state index in [-0.39, 0.29) is 18.5 Å². The van der Waals surface area contributed by atoms with Crippen molar-refractivity contribution in [2.45, 2.75) is 64.1 Å². The lowest BCUT2D eigenvalue weighted by atomic mass is 10.1. The number of carboxylic acid groups (broad SMARTS) is 4. The molecule has 0 unspecified atom stereocenters. The summed E-state index contributed by atoms with van der Waals surface area (Å²) < 4.78 is 0. The van der Waals surface area contributed by atoms with Crippen molar-refractivity contribution in [1.29, 1.82) is 0 Å². The van der Waals surface area contributed by atoms with Crippen LogP contribution in [0.4, 0.5) is 0 Å². The Bertz CT molecular complexity index is 501. The van der Waals surface area contributed by atoms with Crippen molar-refractivity contribution >= 4 is 23.9 Å². The largest absolute Gasteiger partial charge is 0.480 e. The van der Waals surface area contributed by atoms with Crippen molar-refractivity contribution in [2.24, 2.45) is 28.9 Å². The number of hydrogen-bond donors (Lipinski definition) is 9. The van der Waals surface area contributed by atoms with Crippen molar-refractivity contribution in [2.75, 3.05) is 19.6 Å². The molecule has 184 valence electrons. The van der Waals surface area contributed by atoms with Gasteiger partial charge in [-0.3, -0.25) is 19.2 Å². The number of nitrogens with one attached hydrogen (secondary N) is 1. The number of carbonyl (C=O) groups is 4. The molecule has 1 fully saturated rings. The second-order valence-corrected chi connectivity index (χ2v) is 6.92. The lowest BCUT2D eigenvalue weighted by Gasteiger charge is -2.07. The number of aliphatic carboxylic acids is 4. The molecule has 0 bridgehead atoms. The molecule has 1 saturated heterocycles. The van der Waals surface area contributed by atoms with Crippen LogP contribution in [0.25, 0.3) is 0 Å². The molecule has 0 aliphatic carbocycles. The van der Waals surface area contributed by atoms with Crippen LogP contribution in [0.3, 0.4) is 0 Å². The van der Waals surface area contributed by atoms with E-state index in [1.807, 2.05) is 0 Å². The first-order chi connectivity index (χ1) is 14.3. The molecule has 0 aromatic rings. The van der Waals surface area contributed by atoms with Crippen LogP contribution in [0.1, 0.15) is 46.0 Å². The van der Waals surface area contributed by atoms with Gasteiger partial charge in [0.25, 0.3) is 0 Å². The average Bonchev–Trinajstić information content (AvgIpc) is 3.24. The first kappa shape index (κ1) is 33.3. The third-order valence-electron chi connectivity index (χ3n) is 3.82. The highest BCUT2D eigenvalue weighted by molar-refractivity contribution is 5.74. The highest BCUT2D eigenvalue weighted by Gasteiger charge is 2.20. The minimum Gasteiger partial charge on any atom is -0.480 e. The quantitative estimate of drug-likeness (QED) is 0.179. The second-order valence-electron chi connectivity index (χ2n) is 6.92. The minimum atomic E-state index is -0.968. The van der Waals surface area contributed by atoms with Crippen LogP contribution in [0.15, 0.2) is 0 Å². The van der Waals surface area contributed by atoms with Crippen LogP contribution in [0.2, 0.25) is 0 Å². The van der Waals surface area contributed by atoms with E-state index in [0.29, 0.717) is 13.0 Å². The zero-order valence-corrected chi connectivity index (χ0v) is 18.2. The van der Waals surface area contributed by atoms with Gasteiger partial charge in [0, 0.05) is 0 Å². The first-order valence-electron chi connectivity index (χ1n) is 9.86. The fraction of sp³-hybridized carbons (Fsp3) is 0.778. The molecular weight excluding hydrogens is 414 g/mol. The summed E-state index contributed by atoms with van der Waals surface area (Å²) in [4.78, 5) is 39.5. The Hall–Kier alpha value is -2.32. The highest BCUT2D eigenvalue weighted by atomic mass is 16.4. The summed E-state index contributed by atoms with van der Waals surface area (Å²) in [6.07, 6.45) is 3.95. The summed E-state index contributed by atoms with van der Waals surface area (Å²) in [7, 11) is 0. The van der Waals surface area contributed by atoms with E-state index in [4.69, 9.17) is 37.6 Å². The molecule has 0 amide bonds. The third kappa shape index (κ3) is 23.8. The number of hydrogen-bond acceptors (Lipinski definition) is 9. The van der Waals surface area contributed by atoms with Gasteiger partial charge in [-0.05, 0) is 44.7 Å². The Morgan fingerprint density at radius 3 is 1.68 bits per heavy atom. The lowest BCUT2D eigenvalue weighted by molar-refractivity contribution is -0.140. The van der Waals surface area contributed by atoms with Crippen molar-refractivity contribution in [3.05, 3.63) is 0 Å². The minimum absolute atomic E-state index is 0.0208. The van der Waals surface area contributed by atoms with Crippen LogP contribution in [-0.2, 0) is 19.2 Å². The fourth-order valence-electron chi connectivity index (χ4n) is 1.81. The number of rotatable bonds is 9. The van der Waals surface area contributed by atoms with Crippen molar-refractivity contribution in [3.8, 4) is 0 Å². The van der Waals surface area contributed by atoms with Crippen LogP contribution in [0.5, 0.6) is 0 Å². The second kappa shape index (κ2) is 20.9. The Morgan fingerprint density at radius 2 is 1.48 bits per heavy atom. The maximum atomic E-state index is 10.1. The molecule has 3 atom stereocenters. The summed E-state index contributed by atoms with van der Waals surface area (Å²) in [6, 6.07) is -1.70. The van der Waals surface area contributed by atoms with Gasteiger partial charge < -0.3 is 48.7 Å². The van der Waals surface area contributed by atoms with Gasteiger partial charge in [0.15, 0.2) is 0 Å². The van der Waals surface area contributed by atoms with Gasteiger partial charge in [-0.2, -0.15) is 0 Å². The van der Waals surface area contributed by atoms with E-state index in [0.717, 1.165) is 32.2 Å². The van der Waals surface area contributed by atoms with Gasteiger partial charge in [-0.15, -0.1) is 0 Å². The third-order valence-corrected chi connectivity index (χ3v) is 3.82. The number of carboxylic acids is 4. The zero-order chi connectivity index (χ0) is 25.0. The van der Waals surface area contributed by atoms with Crippen LogP contribution in [0, 0.1) is 5.92 Å². The number of nitrogens with two attached hydrogens (primary N) is 4. The summed E-state index contributed by atoms with van der Waals surface area (Å²) >= 11 is 0. The normalized spacial score (nSPS) is 16.3. The van der Waals surface area contributed by atoms with E-state index < -0.39 is 36.0 Å². The summed E-state index contributed by atoms with van der Waals surface area (Å²) in [5.74, 6) is -3.53. The standard InChI is InChI=1S/C6H14N2O2.C5H9NO2.C5H11NO2.C2H5NO2/c7-4-2-1-3-5(8)6(9)10;7-5(8)4-2-1-3-6-4;1-3(2)4(6)5(7)8;3-1-2(4)5/h5H,1-4,7-8H2,(H,9,10);4,6H,1-3H2,(H,7,8);3-4H,6H2,1-2H3,(H,7,8);1,3H2,(H,4,5)/t5-;2*4-;/m000./s1. The monoisotopic (exact) mass is 453 g/mol. The summed E-state index contributed by atoms with van der Waals surface area (Å²) in [6.45, 7) is 4.74. The van der Waals surface area contributed by atoms with E-state index >= 15 is 0 Å². The van der Waals surface area contributed by atoms with Gasteiger partial charge in [0.05, 0.1) is 6.54 Å². The molecule has 1 heterocycles. The molecule has 0 aromatic heterocycles. The topological polar surface area (TPSA) is 265 Å². The molecule has 13 N–H and O–H groups in total. The molecular formula is C18H39N5O8. The Labute approximate surface area is 182 Å². The Balaban J connectivity index is -0.000000346. The fourth-order valence-corrected chi connectivity index (χ4v) is 1.81. The lowest BCUT2D eigenvalue weighted by Crippen LogP contribution is -2.34. The SMILES string of the molecule is CC(C)[C@H](N)C(=O)O.NCC(=O)O.NCCCC[C@H](N)C(=O)O.O=C(O)[C@@H]1CCCN1. The smallest absolute Gasteiger partial charge is 0.320 e. The predicted octanol–water partition coefficient (Wildman–Crippen LogP) is -1.57. The van der Waals surface area contributed by atoms with E-state index in [2.05, 4.69) is 11.1 Å². The molecule has 31 heavy (non-hydrogen) atoms. The van der Waals surface area contributed by atoms with E-state index in [1.165, 1.54) is 0 Å². The molecule has 0 saturated carbocycles. The maximum absolute atomic E-state index is 10.1. The molecule has 1 rings (SSSR count). The first-order valence-corrected chi connectivity index (χ1v) is 9.86. The van der Waals surface area contributed by atoms with Crippen molar-refractivity contribution < 1.29 is 39.6 Å². The zero-order valence-electron chi connectivity index (χ0n) is 18.2. The van der Waals surface area contributed by atoms with Gasteiger partial charge in [-0.1, -0.05) is 20.3 Å². The molecule has 1 aliphatic heterocycles. The molecule has 13 heteroatoms. The Kier molecular flexibility index (Phi) is 22.5. The van der Waals surface area contributed by atoms with Crippen LogP contribution >= 0.6 is 0 Å². The molecule has 0 aromatic carbocycles. The molecule has 1 aliphatic rings. The highest BCUT2D eigenvalue weighted by Crippen LogP contribution is 2.03. The molecule has 0 spiro atoms. The van der Waals surface area contributed by atoms with E-state index in [1.54, 1.807) is 13.8 Å².